The van der Waals surface area contributed by atoms with Crippen LogP contribution in [-0.4, -0.2) is 8.07 Å². The van der Waals surface area contributed by atoms with E-state index in [1.54, 1.807) is 21.5 Å². The zero-order valence-electron chi connectivity index (χ0n) is 18.4. The molecule has 1 heterocycles. The summed E-state index contributed by atoms with van der Waals surface area (Å²) in [6, 6.07) is 34.2. The Labute approximate surface area is 226 Å². The fourth-order valence-electron chi connectivity index (χ4n) is 6.08. The van der Waals surface area contributed by atoms with Gasteiger partial charge in [-0.1, -0.05) is 0 Å². The average molecular weight is 528 g/mol. The fourth-order valence-corrected chi connectivity index (χ4v) is 12.1. The number of halogens is 2. The molecular weight excluding hydrogens is 507 g/mol. The second-order valence-electron chi connectivity index (χ2n) is 8.96. The second kappa shape index (κ2) is 8.82. The van der Waals surface area contributed by atoms with Crippen LogP contribution in [0.4, 0.5) is 0 Å². The second-order valence-corrected chi connectivity index (χ2v) is 13.6. The monoisotopic (exact) mass is 527 g/mol. The summed E-state index contributed by atoms with van der Waals surface area (Å²) in [6.45, 7) is 0. The molecule has 3 aliphatic rings. The first-order chi connectivity index (χ1) is 15.8. The third kappa shape index (κ3) is 3.08. The molecule has 1 atom stereocenters. The molecule has 0 spiro atoms. The molecule has 0 saturated heterocycles. The Morgan fingerprint density at radius 3 is 1.97 bits per heavy atom. The normalized spacial score (nSPS) is 17.6. The van der Waals surface area contributed by atoms with Gasteiger partial charge in [0.1, 0.15) is 0 Å². The van der Waals surface area contributed by atoms with Crippen molar-refractivity contribution in [3.05, 3.63) is 126 Å². The van der Waals surface area contributed by atoms with E-state index in [-0.39, 0.29) is 24.8 Å². The maximum absolute atomic E-state index is 2.58. The van der Waals surface area contributed by atoms with Gasteiger partial charge in [-0.3, -0.25) is 0 Å². The Hall–Kier alpha value is -2.13. The van der Waals surface area contributed by atoms with Crippen molar-refractivity contribution in [1.82, 2.24) is 0 Å². The van der Waals surface area contributed by atoms with Crippen LogP contribution in [0.15, 0.2) is 109 Å². The van der Waals surface area contributed by atoms with Crippen molar-refractivity contribution in [2.75, 3.05) is 0 Å². The van der Waals surface area contributed by atoms with E-state index in [1.807, 2.05) is 0 Å². The van der Waals surface area contributed by atoms with E-state index >= 15 is 0 Å². The van der Waals surface area contributed by atoms with Crippen molar-refractivity contribution < 1.29 is 45.2 Å². The van der Waals surface area contributed by atoms with Crippen molar-refractivity contribution >= 4 is 34.4 Å². The summed E-state index contributed by atoms with van der Waals surface area (Å²) in [5.41, 5.74) is 9.00. The van der Waals surface area contributed by atoms with Crippen LogP contribution in [0.2, 0.25) is 0 Å². The zero-order chi connectivity index (χ0) is 21.3. The van der Waals surface area contributed by atoms with Crippen molar-refractivity contribution in [2.45, 2.75) is 10.6 Å². The Balaban J connectivity index is 0.00000120. The fraction of sp³-hybridized carbons (Fsp3) is 0.0667. The third-order valence-corrected chi connectivity index (χ3v) is 13.0. The number of hydrogen-bond acceptors (Lipinski definition) is 0. The molecule has 0 N–H and O–H groups in total. The summed E-state index contributed by atoms with van der Waals surface area (Å²) in [5.74, 6) is 0. The first-order valence-electron chi connectivity index (χ1n) is 11.3. The van der Waals surface area contributed by atoms with E-state index in [1.165, 1.54) is 32.6 Å². The molecule has 7 rings (SSSR count). The quantitative estimate of drug-likeness (QED) is 0.247. The Morgan fingerprint density at radius 2 is 1.35 bits per heavy atom. The first kappa shape index (κ1) is 23.6. The third-order valence-electron chi connectivity index (χ3n) is 7.44. The molecule has 0 amide bonds. The standard InChI is InChI=1S/C30H21Si.2ClH.Ti/c1-3-14-23(15-4-1)31(24-16-5-2-6-17-24)28-20-26-25-18-10-9-13-22(25)19-27(26)29(30(28)31)21-11-7-8-12-21;;;/h1-11,13-20H,12H2;2*1H;/q;;;+2/p-2. The number of benzene rings is 4. The summed E-state index contributed by atoms with van der Waals surface area (Å²) in [6.07, 6.45) is 7.95. The Bertz CT molecular complexity index is 1420. The SMILES string of the molecule is [Cl-].[Cl-].[Ti+2][CH]1c2ccccc2-c2cc3c(c(C4=CC=CC4)c21)[Si]3(c1ccccc1)c1ccccc1. The van der Waals surface area contributed by atoms with Crippen molar-refractivity contribution in [3.63, 3.8) is 0 Å². The Morgan fingerprint density at radius 1 is 0.735 bits per heavy atom. The van der Waals surface area contributed by atoms with E-state index in [0.29, 0.717) is 4.22 Å². The van der Waals surface area contributed by atoms with E-state index in [0.717, 1.165) is 6.42 Å². The van der Waals surface area contributed by atoms with Gasteiger partial charge in [-0.2, -0.15) is 0 Å². The molecule has 0 saturated carbocycles. The molecule has 4 aromatic carbocycles. The van der Waals surface area contributed by atoms with Crippen LogP contribution in [0.5, 0.6) is 0 Å². The number of rotatable bonds is 3. The zero-order valence-corrected chi connectivity index (χ0v) is 22.5. The van der Waals surface area contributed by atoms with Crippen molar-refractivity contribution in [2.24, 2.45) is 0 Å². The molecule has 4 heteroatoms. The van der Waals surface area contributed by atoms with Crippen LogP contribution in [0, 0.1) is 0 Å². The summed E-state index contributed by atoms with van der Waals surface area (Å²) in [4.78, 5) is 0. The van der Waals surface area contributed by atoms with E-state index in [2.05, 4.69) is 130 Å². The van der Waals surface area contributed by atoms with Gasteiger partial charge in [-0.05, 0) is 0 Å². The summed E-state index contributed by atoms with van der Waals surface area (Å²) in [5, 5.41) is 6.29. The summed E-state index contributed by atoms with van der Waals surface area (Å²) in [7, 11) is -2.12. The number of fused-ring (bicyclic) bond motifs is 4. The van der Waals surface area contributed by atoms with Gasteiger partial charge in [-0.15, -0.1) is 0 Å². The Kier molecular flexibility index (Phi) is 6.13. The van der Waals surface area contributed by atoms with Gasteiger partial charge in [0.2, 0.25) is 0 Å². The van der Waals surface area contributed by atoms with Crippen LogP contribution >= 0.6 is 0 Å². The molecule has 0 radical (unpaired) electrons. The first-order valence-corrected chi connectivity index (χ1v) is 14.2. The van der Waals surface area contributed by atoms with Crippen LogP contribution in [-0.2, 0) is 20.4 Å². The van der Waals surface area contributed by atoms with Crippen molar-refractivity contribution in [3.8, 4) is 11.1 Å². The summed E-state index contributed by atoms with van der Waals surface area (Å²) < 4.78 is 0.432. The van der Waals surface area contributed by atoms with Crippen LogP contribution < -0.4 is 45.6 Å². The molecule has 0 bridgehead atoms. The van der Waals surface area contributed by atoms with Gasteiger partial charge in [0.15, 0.2) is 0 Å². The molecule has 4 aromatic rings. The van der Waals surface area contributed by atoms with Gasteiger partial charge >= 0.3 is 203 Å². The predicted molar refractivity (Wildman–Crippen MR) is 133 cm³/mol. The number of hydrogen-bond donors (Lipinski definition) is 0. The number of allylic oxidation sites excluding steroid dienone is 4. The molecule has 34 heavy (non-hydrogen) atoms. The maximum atomic E-state index is 2.58. The van der Waals surface area contributed by atoms with Crippen LogP contribution in [0.25, 0.3) is 16.7 Å². The van der Waals surface area contributed by atoms with Gasteiger partial charge in [0.25, 0.3) is 0 Å². The minimum absolute atomic E-state index is 0. The van der Waals surface area contributed by atoms with E-state index in [9.17, 15) is 0 Å². The molecule has 0 nitrogen and oxygen atoms in total. The van der Waals surface area contributed by atoms with Gasteiger partial charge in [0, 0.05) is 0 Å². The van der Waals surface area contributed by atoms with Gasteiger partial charge in [0.05, 0.1) is 0 Å². The minimum atomic E-state index is -2.12. The van der Waals surface area contributed by atoms with Crippen molar-refractivity contribution in [1.29, 1.82) is 0 Å². The van der Waals surface area contributed by atoms with E-state index in [4.69, 9.17) is 0 Å². The molecule has 1 aliphatic heterocycles. The molecule has 2 aliphatic carbocycles. The molecular formula is C30H21Cl2SiTi. The van der Waals surface area contributed by atoms with Crippen LogP contribution in [0.3, 0.4) is 0 Å². The van der Waals surface area contributed by atoms with Gasteiger partial charge < -0.3 is 24.8 Å². The predicted octanol–water partition coefficient (Wildman–Crippen LogP) is -1.65. The molecule has 0 fully saturated rings. The van der Waals surface area contributed by atoms with Gasteiger partial charge in [-0.25, -0.2) is 0 Å². The summed E-state index contributed by atoms with van der Waals surface area (Å²) >= 11 is 2.40. The molecule has 163 valence electrons. The van der Waals surface area contributed by atoms with E-state index < -0.39 is 8.07 Å². The topological polar surface area (TPSA) is 0 Å². The molecule has 1 unspecified atom stereocenters. The van der Waals surface area contributed by atoms with Crippen LogP contribution in [0.1, 0.15) is 27.3 Å². The molecule has 0 aromatic heterocycles. The average Bonchev–Trinajstić information content (AvgIpc) is 3.12.